The van der Waals surface area contributed by atoms with E-state index in [4.69, 9.17) is 9.56 Å². The van der Waals surface area contributed by atoms with E-state index >= 15 is 0 Å². The number of rotatable bonds is 3. The van der Waals surface area contributed by atoms with E-state index in [-0.39, 0.29) is 0 Å². The molecule has 1 aromatic heterocycles. The highest BCUT2D eigenvalue weighted by Gasteiger charge is 2.16. The van der Waals surface area contributed by atoms with Crippen LogP contribution in [0.25, 0.3) is 22.6 Å². The van der Waals surface area contributed by atoms with Crippen molar-refractivity contribution in [2.45, 2.75) is 5.22 Å². The summed E-state index contributed by atoms with van der Waals surface area (Å²) in [6.45, 7) is 0. The van der Waals surface area contributed by atoms with Gasteiger partial charge in [-0.2, -0.15) is 0 Å². The summed E-state index contributed by atoms with van der Waals surface area (Å²) in [5, 5.41) is 6.02. The maximum Gasteiger partial charge on any atom is 0.272 e. The fourth-order valence-corrected chi connectivity index (χ4v) is 2.20. The van der Waals surface area contributed by atoms with E-state index < -0.39 is 0 Å². The van der Waals surface area contributed by atoms with Crippen LogP contribution in [0.4, 0.5) is 0 Å². The van der Waals surface area contributed by atoms with Gasteiger partial charge in [0.25, 0.3) is 5.22 Å². The van der Waals surface area contributed by atoms with Crippen molar-refractivity contribution in [3.63, 3.8) is 0 Å². The summed E-state index contributed by atoms with van der Waals surface area (Å²) in [6.07, 6.45) is 0. The SMILES string of the molecule is NSc1nc(-c2ccccc2)c(-c2ccccc2)o1. The van der Waals surface area contributed by atoms with Crippen molar-refractivity contribution in [2.24, 2.45) is 5.14 Å². The van der Waals surface area contributed by atoms with Gasteiger partial charge in [-0.15, -0.1) is 0 Å². The molecule has 2 N–H and O–H groups in total. The van der Waals surface area contributed by atoms with Crippen LogP contribution in [0.15, 0.2) is 70.3 Å². The maximum absolute atomic E-state index is 5.73. The molecule has 0 fully saturated rings. The van der Waals surface area contributed by atoms with Crippen molar-refractivity contribution in [1.82, 2.24) is 4.98 Å². The molecular formula is C15H12N2OS. The molecule has 0 saturated carbocycles. The lowest BCUT2D eigenvalue weighted by Crippen LogP contribution is -1.82. The lowest BCUT2D eigenvalue weighted by atomic mass is 10.1. The largest absolute Gasteiger partial charge is 0.430 e. The van der Waals surface area contributed by atoms with Gasteiger partial charge in [0.2, 0.25) is 0 Å². The predicted octanol–water partition coefficient (Wildman–Crippen LogP) is 3.97. The normalized spacial score (nSPS) is 10.6. The molecule has 2 aromatic carbocycles. The molecule has 0 spiro atoms. The fourth-order valence-electron chi connectivity index (χ4n) is 1.93. The van der Waals surface area contributed by atoms with Crippen molar-refractivity contribution >= 4 is 11.9 Å². The second kappa shape index (κ2) is 5.30. The van der Waals surface area contributed by atoms with E-state index in [2.05, 4.69) is 4.98 Å². The van der Waals surface area contributed by atoms with E-state index in [0.717, 1.165) is 34.5 Å². The molecule has 3 aromatic rings. The second-order valence-electron chi connectivity index (χ2n) is 4.01. The molecule has 3 nitrogen and oxygen atoms in total. The summed E-state index contributed by atoms with van der Waals surface area (Å²) in [6, 6.07) is 19.9. The number of aromatic nitrogens is 1. The van der Waals surface area contributed by atoms with Crippen LogP contribution in [0.1, 0.15) is 0 Å². The molecule has 94 valence electrons. The Morgan fingerprint density at radius 1 is 0.842 bits per heavy atom. The molecule has 0 bridgehead atoms. The van der Waals surface area contributed by atoms with E-state index in [1.807, 2.05) is 60.7 Å². The number of hydrogen-bond acceptors (Lipinski definition) is 4. The van der Waals surface area contributed by atoms with Gasteiger partial charge >= 0.3 is 0 Å². The van der Waals surface area contributed by atoms with Crippen LogP contribution in [0.2, 0.25) is 0 Å². The van der Waals surface area contributed by atoms with E-state index in [1.165, 1.54) is 0 Å². The Balaban J connectivity index is 2.17. The maximum atomic E-state index is 5.73. The number of nitrogens with two attached hydrogens (primary N) is 1. The minimum atomic E-state index is 0.470. The fraction of sp³-hybridized carbons (Fsp3) is 0. The van der Waals surface area contributed by atoms with Crippen LogP contribution >= 0.6 is 11.9 Å². The predicted molar refractivity (Wildman–Crippen MR) is 77.4 cm³/mol. The Bertz CT molecular complexity index is 608. The van der Waals surface area contributed by atoms with Crippen molar-refractivity contribution in [3.05, 3.63) is 60.7 Å². The summed E-state index contributed by atoms with van der Waals surface area (Å²) >= 11 is 1.02. The van der Waals surface area contributed by atoms with E-state index in [1.54, 1.807) is 0 Å². The summed E-state index contributed by atoms with van der Waals surface area (Å²) in [4.78, 5) is 4.45. The first-order valence-electron chi connectivity index (χ1n) is 5.87. The average Bonchev–Trinajstić information content (AvgIpc) is 2.93. The molecule has 0 aliphatic carbocycles. The quantitative estimate of drug-likeness (QED) is 0.730. The van der Waals surface area contributed by atoms with Crippen LogP contribution in [0.5, 0.6) is 0 Å². The Labute approximate surface area is 115 Å². The van der Waals surface area contributed by atoms with Gasteiger partial charge in [-0.05, 0) is 0 Å². The highest BCUT2D eigenvalue weighted by Crippen LogP contribution is 2.34. The van der Waals surface area contributed by atoms with Gasteiger partial charge in [0.05, 0.1) is 0 Å². The van der Waals surface area contributed by atoms with Crippen LogP contribution in [0, 0.1) is 0 Å². The summed E-state index contributed by atoms with van der Waals surface area (Å²) in [5.41, 5.74) is 2.83. The minimum Gasteiger partial charge on any atom is -0.430 e. The molecule has 1 heterocycles. The number of nitrogens with zero attached hydrogens (tertiary/aromatic N) is 1. The van der Waals surface area contributed by atoms with Crippen LogP contribution in [-0.2, 0) is 0 Å². The first-order chi connectivity index (χ1) is 9.38. The molecule has 0 aliphatic heterocycles. The molecule has 0 saturated heterocycles. The average molecular weight is 268 g/mol. The van der Waals surface area contributed by atoms with Gasteiger partial charge in [-0.25, -0.2) is 4.98 Å². The lowest BCUT2D eigenvalue weighted by molar-refractivity contribution is 0.466. The molecule has 0 atom stereocenters. The van der Waals surface area contributed by atoms with Crippen LogP contribution in [0.3, 0.4) is 0 Å². The second-order valence-corrected chi connectivity index (χ2v) is 4.59. The Hall–Kier alpha value is -2.04. The molecule has 0 unspecified atom stereocenters. The van der Waals surface area contributed by atoms with Crippen molar-refractivity contribution in [2.75, 3.05) is 0 Å². The molecule has 0 aliphatic rings. The summed E-state index contributed by atoms with van der Waals surface area (Å²) in [5.74, 6) is 0.750. The summed E-state index contributed by atoms with van der Waals surface area (Å²) in [7, 11) is 0. The Morgan fingerprint density at radius 2 is 1.42 bits per heavy atom. The van der Waals surface area contributed by atoms with Crippen molar-refractivity contribution in [3.8, 4) is 22.6 Å². The smallest absolute Gasteiger partial charge is 0.272 e. The van der Waals surface area contributed by atoms with Gasteiger partial charge in [0.15, 0.2) is 5.76 Å². The third kappa shape index (κ3) is 2.41. The van der Waals surface area contributed by atoms with E-state index in [0.29, 0.717) is 5.22 Å². The number of hydrogen-bond donors (Lipinski definition) is 1. The zero-order valence-corrected chi connectivity index (χ0v) is 10.9. The highest BCUT2D eigenvalue weighted by molar-refractivity contribution is 7.96. The Morgan fingerprint density at radius 3 is 2.00 bits per heavy atom. The van der Waals surface area contributed by atoms with Gasteiger partial charge in [0.1, 0.15) is 5.69 Å². The zero-order valence-electron chi connectivity index (χ0n) is 10.1. The topological polar surface area (TPSA) is 52.0 Å². The van der Waals surface area contributed by atoms with Crippen LogP contribution in [-0.4, -0.2) is 4.98 Å². The van der Waals surface area contributed by atoms with Gasteiger partial charge in [-0.3, -0.25) is 5.14 Å². The van der Waals surface area contributed by atoms with Crippen molar-refractivity contribution in [1.29, 1.82) is 0 Å². The number of benzene rings is 2. The van der Waals surface area contributed by atoms with Gasteiger partial charge < -0.3 is 4.42 Å². The molecule has 19 heavy (non-hydrogen) atoms. The first-order valence-corrected chi connectivity index (χ1v) is 6.75. The standard InChI is InChI=1S/C15H12N2OS/c16-19-15-17-13(11-7-3-1-4-8-11)14(18-15)12-9-5-2-6-10-12/h1-10H,16H2. The van der Waals surface area contributed by atoms with E-state index in [9.17, 15) is 0 Å². The molecule has 4 heteroatoms. The molecule has 0 radical (unpaired) electrons. The third-order valence-corrected chi connectivity index (χ3v) is 3.17. The summed E-state index contributed by atoms with van der Waals surface area (Å²) < 4.78 is 5.73. The molecular weight excluding hydrogens is 256 g/mol. The zero-order chi connectivity index (χ0) is 13.1. The van der Waals surface area contributed by atoms with Crippen molar-refractivity contribution < 1.29 is 4.42 Å². The molecule has 3 rings (SSSR count). The van der Waals surface area contributed by atoms with Gasteiger partial charge in [-0.1, -0.05) is 60.7 Å². The lowest BCUT2D eigenvalue weighted by Gasteiger charge is -2.00. The highest BCUT2D eigenvalue weighted by atomic mass is 32.2. The first kappa shape index (κ1) is 12.0. The molecule has 0 amide bonds. The number of oxazole rings is 1. The third-order valence-electron chi connectivity index (χ3n) is 2.79. The Kier molecular flexibility index (Phi) is 3.35. The van der Waals surface area contributed by atoms with Crippen LogP contribution < -0.4 is 5.14 Å². The monoisotopic (exact) mass is 268 g/mol. The minimum absolute atomic E-state index is 0.470. The van der Waals surface area contributed by atoms with Gasteiger partial charge in [0, 0.05) is 23.1 Å².